The van der Waals surface area contributed by atoms with Gasteiger partial charge in [-0.2, -0.15) is 5.26 Å². The number of thioether (sulfide) groups is 2. The van der Waals surface area contributed by atoms with Crippen LogP contribution in [0, 0.1) is 18.3 Å². The molecule has 0 bridgehead atoms. The lowest BCUT2D eigenvalue weighted by Crippen LogP contribution is -2.47. The highest BCUT2D eigenvalue weighted by atomic mass is 32.2. The molecule has 0 aliphatic carbocycles. The Hall–Kier alpha value is -1.16. The second kappa shape index (κ2) is 6.30. The molecule has 1 unspecified atom stereocenters. The summed E-state index contributed by atoms with van der Waals surface area (Å²) in [7, 11) is 0. The summed E-state index contributed by atoms with van der Waals surface area (Å²) in [5.41, 5.74) is 2.44. The second-order valence-electron chi connectivity index (χ2n) is 5.30. The molecule has 2 fully saturated rings. The number of nitrogens with one attached hydrogen (secondary N) is 1. The molecule has 0 radical (unpaired) electrons. The van der Waals surface area contributed by atoms with Gasteiger partial charge < -0.3 is 4.90 Å². The molecule has 3 atom stereocenters. The normalized spacial score (nSPS) is 28.6. The van der Waals surface area contributed by atoms with E-state index in [0.29, 0.717) is 5.88 Å². The second-order valence-corrected chi connectivity index (χ2v) is 7.44. The summed E-state index contributed by atoms with van der Waals surface area (Å²) in [6, 6.07) is 10.1. The van der Waals surface area contributed by atoms with Crippen molar-refractivity contribution in [2.45, 2.75) is 24.4 Å². The zero-order valence-electron chi connectivity index (χ0n) is 11.8. The molecule has 4 nitrogen and oxygen atoms in total. The molecule has 3 rings (SSSR count). The van der Waals surface area contributed by atoms with Crippen molar-refractivity contribution < 1.29 is 4.79 Å². The number of aryl methyl sites for hydroxylation is 1. The van der Waals surface area contributed by atoms with E-state index in [0.717, 1.165) is 11.5 Å². The molecule has 0 spiro atoms. The minimum atomic E-state index is -0.271. The summed E-state index contributed by atoms with van der Waals surface area (Å²) in [6.07, 6.45) is 0. The number of carbonyl (C=O) groups excluding carboxylic acids is 1. The monoisotopic (exact) mass is 319 g/mol. The van der Waals surface area contributed by atoms with Crippen LogP contribution in [-0.2, 0) is 4.79 Å². The molecule has 6 heteroatoms. The smallest absolute Gasteiger partial charge is 0.242 e. The average molecular weight is 319 g/mol. The van der Waals surface area contributed by atoms with Crippen LogP contribution in [0.2, 0.25) is 0 Å². The van der Waals surface area contributed by atoms with Crippen molar-refractivity contribution in [3.63, 3.8) is 0 Å². The Morgan fingerprint density at radius 3 is 3.10 bits per heavy atom. The number of hydrogen-bond acceptors (Lipinski definition) is 5. The topological polar surface area (TPSA) is 56.1 Å². The Balaban J connectivity index is 1.67. The van der Waals surface area contributed by atoms with Crippen molar-refractivity contribution in [1.82, 2.24) is 10.2 Å². The van der Waals surface area contributed by atoms with E-state index in [-0.39, 0.29) is 23.4 Å². The van der Waals surface area contributed by atoms with Crippen molar-refractivity contribution in [2.24, 2.45) is 0 Å². The van der Waals surface area contributed by atoms with E-state index in [9.17, 15) is 4.79 Å². The lowest BCUT2D eigenvalue weighted by Gasteiger charge is -2.22. The summed E-state index contributed by atoms with van der Waals surface area (Å²) < 4.78 is 0. The molecule has 1 aromatic carbocycles. The third-order valence-corrected chi connectivity index (χ3v) is 6.02. The van der Waals surface area contributed by atoms with Crippen molar-refractivity contribution in [1.29, 1.82) is 5.26 Å². The largest absolute Gasteiger partial charge is 0.315 e. The van der Waals surface area contributed by atoms with Gasteiger partial charge in [0.05, 0.1) is 23.4 Å². The maximum absolute atomic E-state index is 12.5. The predicted molar refractivity (Wildman–Crippen MR) is 86.9 cm³/mol. The third kappa shape index (κ3) is 3.05. The van der Waals surface area contributed by atoms with Gasteiger partial charge in [-0.3, -0.25) is 10.1 Å². The zero-order valence-corrected chi connectivity index (χ0v) is 13.4. The highest BCUT2D eigenvalue weighted by Gasteiger charge is 2.37. The van der Waals surface area contributed by atoms with Crippen LogP contribution < -0.4 is 5.32 Å². The number of nitriles is 1. The van der Waals surface area contributed by atoms with Gasteiger partial charge in [0.2, 0.25) is 5.91 Å². The maximum atomic E-state index is 12.5. The summed E-state index contributed by atoms with van der Waals surface area (Å²) in [5.74, 6) is 2.18. The van der Waals surface area contributed by atoms with Crippen molar-refractivity contribution in [2.75, 3.05) is 17.4 Å². The molecule has 2 aliphatic rings. The number of nitrogens with zero attached hydrogens (tertiary/aromatic N) is 2. The molecule has 110 valence electrons. The van der Waals surface area contributed by atoms with Gasteiger partial charge in [0.1, 0.15) is 6.04 Å². The first kappa shape index (κ1) is 14.8. The first-order chi connectivity index (χ1) is 10.2. The lowest BCUT2D eigenvalue weighted by molar-refractivity contribution is -0.132. The van der Waals surface area contributed by atoms with E-state index in [2.05, 4.69) is 36.5 Å². The van der Waals surface area contributed by atoms with Crippen molar-refractivity contribution in [3.8, 4) is 6.07 Å². The Labute approximate surface area is 133 Å². The number of benzene rings is 1. The van der Waals surface area contributed by atoms with Gasteiger partial charge >= 0.3 is 0 Å². The number of carbonyl (C=O) groups is 1. The number of amides is 1. The highest BCUT2D eigenvalue weighted by Crippen LogP contribution is 2.34. The third-order valence-electron chi connectivity index (χ3n) is 3.74. The van der Waals surface area contributed by atoms with E-state index >= 15 is 0 Å². The Morgan fingerprint density at radius 2 is 2.33 bits per heavy atom. The van der Waals surface area contributed by atoms with Gasteiger partial charge in [-0.15, -0.1) is 23.5 Å². The fourth-order valence-corrected chi connectivity index (χ4v) is 4.92. The van der Waals surface area contributed by atoms with E-state index in [1.54, 1.807) is 28.4 Å². The molecule has 0 saturated carbocycles. The van der Waals surface area contributed by atoms with Crippen LogP contribution in [0.1, 0.15) is 16.5 Å². The molecular formula is C15H17N3OS2. The SMILES string of the molecule is Cc1cccc(C2N[C@H](C(=O)N3CSC[C@H]3C#N)CS2)c1. The molecule has 0 aromatic heterocycles. The quantitative estimate of drug-likeness (QED) is 0.905. The Bertz CT molecular complexity index is 587. The summed E-state index contributed by atoms with van der Waals surface area (Å²) in [6.45, 7) is 2.07. The Morgan fingerprint density at radius 1 is 1.48 bits per heavy atom. The van der Waals surface area contributed by atoms with E-state index in [1.165, 1.54) is 11.1 Å². The molecule has 2 heterocycles. The van der Waals surface area contributed by atoms with Gasteiger partial charge in [0.25, 0.3) is 0 Å². The van der Waals surface area contributed by atoms with Crippen LogP contribution in [0.3, 0.4) is 0 Å². The molecule has 1 amide bonds. The van der Waals surface area contributed by atoms with Crippen LogP contribution in [0.5, 0.6) is 0 Å². The average Bonchev–Trinajstić information content (AvgIpc) is 3.15. The van der Waals surface area contributed by atoms with E-state index in [1.807, 2.05) is 6.07 Å². The van der Waals surface area contributed by atoms with Gasteiger partial charge in [0.15, 0.2) is 0 Å². The number of hydrogen-bond donors (Lipinski definition) is 1. The van der Waals surface area contributed by atoms with Crippen LogP contribution in [-0.4, -0.2) is 40.3 Å². The Kier molecular flexibility index (Phi) is 4.43. The van der Waals surface area contributed by atoms with Crippen LogP contribution in [0.25, 0.3) is 0 Å². The maximum Gasteiger partial charge on any atom is 0.242 e. The minimum absolute atomic E-state index is 0.0641. The highest BCUT2D eigenvalue weighted by molar-refractivity contribution is 8.00. The molecule has 2 aliphatic heterocycles. The van der Waals surface area contributed by atoms with Gasteiger partial charge in [-0.05, 0) is 12.5 Å². The first-order valence-electron chi connectivity index (χ1n) is 6.91. The van der Waals surface area contributed by atoms with Crippen LogP contribution in [0.15, 0.2) is 24.3 Å². The predicted octanol–water partition coefficient (Wildman–Crippen LogP) is 2.12. The molecule has 2 saturated heterocycles. The fraction of sp³-hybridized carbons (Fsp3) is 0.467. The van der Waals surface area contributed by atoms with E-state index < -0.39 is 0 Å². The van der Waals surface area contributed by atoms with Crippen LogP contribution >= 0.6 is 23.5 Å². The van der Waals surface area contributed by atoms with Gasteiger partial charge in [-0.1, -0.05) is 29.8 Å². The number of rotatable bonds is 2. The van der Waals surface area contributed by atoms with Crippen molar-refractivity contribution in [3.05, 3.63) is 35.4 Å². The fourth-order valence-electron chi connectivity index (χ4n) is 2.61. The summed E-state index contributed by atoms with van der Waals surface area (Å²) in [5, 5.41) is 12.7. The minimum Gasteiger partial charge on any atom is -0.315 e. The first-order valence-corrected chi connectivity index (χ1v) is 9.11. The molecule has 1 aromatic rings. The van der Waals surface area contributed by atoms with Crippen molar-refractivity contribution >= 4 is 29.4 Å². The van der Waals surface area contributed by atoms with E-state index in [4.69, 9.17) is 5.26 Å². The summed E-state index contributed by atoms with van der Waals surface area (Å²) >= 11 is 3.41. The molecular weight excluding hydrogens is 302 g/mol. The summed E-state index contributed by atoms with van der Waals surface area (Å²) in [4.78, 5) is 14.3. The molecule has 1 N–H and O–H groups in total. The zero-order chi connectivity index (χ0) is 14.8. The molecule has 21 heavy (non-hydrogen) atoms. The standard InChI is InChI=1S/C15H17N3OS2/c1-10-3-2-4-11(5-10)14-17-13(8-21-14)15(19)18-9-20-7-12(18)6-16/h2-5,12-14,17H,7-9H2,1H3/t12-,13+,14?/m1/s1. The van der Waals surface area contributed by atoms with Crippen LogP contribution in [0.4, 0.5) is 0 Å². The van der Waals surface area contributed by atoms with Gasteiger partial charge in [0, 0.05) is 11.5 Å². The lowest BCUT2D eigenvalue weighted by atomic mass is 10.1. The van der Waals surface area contributed by atoms with Gasteiger partial charge in [-0.25, -0.2) is 0 Å².